The molecule has 0 radical (unpaired) electrons. The quantitative estimate of drug-likeness (QED) is 0.599. The average molecular weight is 364 g/mol. The van der Waals surface area contributed by atoms with Crippen LogP contribution in [0.3, 0.4) is 0 Å². The smallest absolute Gasteiger partial charge is 0.416 e. The van der Waals surface area contributed by atoms with Gasteiger partial charge in [-0.2, -0.15) is 18.3 Å². The van der Waals surface area contributed by atoms with Gasteiger partial charge < -0.3 is 4.74 Å². The van der Waals surface area contributed by atoms with Gasteiger partial charge in [0.05, 0.1) is 17.9 Å². The molecule has 0 saturated carbocycles. The van der Waals surface area contributed by atoms with Gasteiger partial charge in [-0.3, -0.25) is 4.79 Å². The number of rotatable bonds is 6. The van der Waals surface area contributed by atoms with Crippen molar-refractivity contribution in [2.24, 2.45) is 5.10 Å². The Balaban J connectivity index is 1.97. The predicted octanol–water partition coefficient (Wildman–Crippen LogP) is 4.65. The Morgan fingerprint density at radius 2 is 1.92 bits per heavy atom. The molecule has 7 heteroatoms. The first kappa shape index (κ1) is 19.5. The molecule has 2 aromatic rings. The van der Waals surface area contributed by atoms with Gasteiger partial charge in [0.2, 0.25) is 0 Å². The van der Waals surface area contributed by atoms with Crippen LogP contribution in [0.15, 0.2) is 53.6 Å². The van der Waals surface area contributed by atoms with Gasteiger partial charge in [0.25, 0.3) is 5.91 Å². The molecule has 1 amide bonds. The number of nitrogens with one attached hydrogen (secondary N) is 1. The van der Waals surface area contributed by atoms with Crippen molar-refractivity contribution in [1.29, 1.82) is 0 Å². The van der Waals surface area contributed by atoms with Gasteiger partial charge in [-0.1, -0.05) is 13.0 Å². The summed E-state index contributed by atoms with van der Waals surface area (Å²) in [5.74, 6) is 0.00794. The van der Waals surface area contributed by atoms with Gasteiger partial charge in [0.15, 0.2) is 0 Å². The number of carbonyl (C=O) groups excluding carboxylic acids is 1. The summed E-state index contributed by atoms with van der Waals surface area (Å²) >= 11 is 0. The van der Waals surface area contributed by atoms with E-state index in [1.807, 2.05) is 13.8 Å². The van der Waals surface area contributed by atoms with Crippen LogP contribution in [0.25, 0.3) is 0 Å². The Bertz CT molecular complexity index is 771. The summed E-state index contributed by atoms with van der Waals surface area (Å²) in [6.45, 7) is 4.00. The lowest BCUT2D eigenvalue weighted by Gasteiger charge is -2.12. The van der Waals surface area contributed by atoms with Crippen LogP contribution in [0.2, 0.25) is 0 Å². The molecule has 1 atom stereocenters. The summed E-state index contributed by atoms with van der Waals surface area (Å²) in [6.07, 6.45) is -2.09. The van der Waals surface area contributed by atoms with E-state index in [0.29, 0.717) is 5.56 Å². The minimum Gasteiger partial charge on any atom is -0.491 e. The zero-order valence-electron chi connectivity index (χ0n) is 14.4. The molecule has 0 heterocycles. The van der Waals surface area contributed by atoms with Crippen LogP contribution in [0.5, 0.6) is 5.75 Å². The summed E-state index contributed by atoms with van der Waals surface area (Å²) in [5.41, 5.74) is 1.93. The minimum absolute atomic E-state index is 0.112. The maximum absolute atomic E-state index is 12.7. The number of amides is 1. The molecule has 0 spiro atoms. The van der Waals surface area contributed by atoms with Crippen molar-refractivity contribution in [2.75, 3.05) is 0 Å². The van der Waals surface area contributed by atoms with Crippen molar-refractivity contribution in [1.82, 2.24) is 5.43 Å². The van der Waals surface area contributed by atoms with Crippen molar-refractivity contribution in [3.63, 3.8) is 0 Å². The van der Waals surface area contributed by atoms with Crippen LogP contribution in [0.1, 0.15) is 41.8 Å². The molecule has 0 bridgehead atoms. The van der Waals surface area contributed by atoms with E-state index >= 15 is 0 Å². The molecule has 0 aliphatic heterocycles. The van der Waals surface area contributed by atoms with Crippen LogP contribution in [-0.2, 0) is 6.18 Å². The van der Waals surface area contributed by atoms with E-state index in [9.17, 15) is 18.0 Å². The fraction of sp³-hybridized carbons (Fsp3) is 0.263. The minimum atomic E-state index is -4.50. The number of hydrogen-bond acceptors (Lipinski definition) is 3. The summed E-state index contributed by atoms with van der Waals surface area (Å²) in [7, 11) is 0. The first-order chi connectivity index (χ1) is 12.3. The van der Waals surface area contributed by atoms with Gasteiger partial charge >= 0.3 is 6.18 Å². The average Bonchev–Trinajstić information content (AvgIpc) is 2.62. The molecule has 1 N–H and O–H groups in total. The molecule has 0 aromatic heterocycles. The molecule has 4 nitrogen and oxygen atoms in total. The molecule has 0 aliphatic rings. The number of carbonyl (C=O) groups is 1. The number of hydrogen-bond donors (Lipinski definition) is 1. The van der Waals surface area contributed by atoms with Crippen LogP contribution < -0.4 is 10.2 Å². The third-order valence-corrected chi connectivity index (χ3v) is 3.62. The molecule has 26 heavy (non-hydrogen) atoms. The lowest BCUT2D eigenvalue weighted by Crippen LogP contribution is -2.18. The van der Waals surface area contributed by atoms with E-state index in [2.05, 4.69) is 10.5 Å². The third-order valence-electron chi connectivity index (χ3n) is 3.62. The number of alkyl halides is 3. The van der Waals surface area contributed by atoms with Crippen LogP contribution >= 0.6 is 0 Å². The number of hydrazone groups is 1. The van der Waals surface area contributed by atoms with E-state index in [-0.39, 0.29) is 11.7 Å². The normalized spacial score (nSPS) is 12.8. The zero-order valence-corrected chi connectivity index (χ0v) is 14.4. The number of nitrogens with zero attached hydrogens (tertiary/aromatic N) is 1. The Morgan fingerprint density at radius 3 is 2.54 bits per heavy atom. The molecule has 0 unspecified atom stereocenters. The van der Waals surface area contributed by atoms with Gasteiger partial charge in [-0.25, -0.2) is 5.43 Å². The highest BCUT2D eigenvalue weighted by molar-refractivity contribution is 5.95. The fourth-order valence-corrected chi connectivity index (χ4v) is 2.01. The van der Waals surface area contributed by atoms with E-state index in [4.69, 9.17) is 4.74 Å². The number of benzene rings is 2. The second kappa shape index (κ2) is 8.51. The molecule has 0 fully saturated rings. The predicted molar refractivity (Wildman–Crippen MR) is 93.3 cm³/mol. The van der Waals surface area contributed by atoms with Crippen molar-refractivity contribution in [2.45, 2.75) is 32.5 Å². The van der Waals surface area contributed by atoms with Crippen molar-refractivity contribution in [3.8, 4) is 5.75 Å². The number of ether oxygens (including phenoxy) is 1. The van der Waals surface area contributed by atoms with Crippen molar-refractivity contribution in [3.05, 3.63) is 65.2 Å². The highest BCUT2D eigenvalue weighted by Gasteiger charge is 2.30. The van der Waals surface area contributed by atoms with Crippen LogP contribution in [-0.4, -0.2) is 18.2 Å². The summed E-state index contributed by atoms with van der Waals surface area (Å²) in [4.78, 5) is 11.9. The standard InChI is InChI=1S/C19H19F3N2O2/c1-3-13(2)26-17-9-7-14(8-10-17)12-23-24-18(25)15-5-4-6-16(11-15)19(20,21)22/h4-13H,3H2,1-2H3,(H,24,25)/b23-12-/t13-/m0/s1. The van der Waals surface area contributed by atoms with E-state index < -0.39 is 17.6 Å². The second-order valence-electron chi connectivity index (χ2n) is 5.68. The first-order valence-corrected chi connectivity index (χ1v) is 8.07. The Labute approximate surface area is 149 Å². The Hall–Kier alpha value is -2.83. The maximum atomic E-state index is 12.7. The highest BCUT2D eigenvalue weighted by atomic mass is 19.4. The molecular formula is C19H19F3N2O2. The molecule has 0 aliphatic carbocycles. The van der Waals surface area contributed by atoms with Crippen molar-refractivity contribution < 1.29 is 22.7 Å². The largest absolute Gasteiger partial charge is 0.491 e. The summed E-state index contributed by atoms with van der Waals surface area (Å²) in [5, 5.41) is 3.77. The Morgan fingerprint density at radius 1 is 1.23 bits per heavy atom. The van der Waals surface area contributed by atoms with Gasteiger partial charge in [-0.15, -0.1) is 0 Å². The lowest BCUT2D eigenvalue weighted by atomic mass is 10.1. The van der Waals surface area contributed by atoms with Crippen LogP contribution in [0.4, 0.5) is 13.2 Å². The Kier molecular flexibility index (Phi) is 6.38. The monoisotopic (exact) mass is 364 g/mol. The van der Waals surface area contributed by atoms with Crippen LogP contribution in [0, 0.1) is 0 Å². The number of halogens is 3. The summed E-state index contributed by atoms with van der Waals surface area (Å²) in [6, 6.07) is 11.2. The lowest BCUT2D eigenvalue weighted by molar-refractivity contribution is -0.137. The summed E-state index contributed by atoms with van der Waals surface area (Å²) < 4.78 is 43.7. The van der Waals surface area contributed by atoms with Gasteiger partial charge in [-0.05, 0) is 61.4 Å². The van der Waals surface area contributed by atoms with E-state index in [1.165, 1.54) is 18.3 Å². The molecular weight excluding hydrogens is 345 g/mol. The molecule has 138 valence electrons. The maximum Gasteiger partial charge on any atom is 0.416 e. The van der Waals surface area contributed by atoms with E-state index in [0.717, 1.165) is 24.3 Å². The third kappa shape index (κ3) is 5.61. The molecule has 0 saturated heterocycles. The zero-order chi connectivity index (χ0) is 19.2. The highest BCUT2D eigenvalue weighted by Crippen LogP contribution is 2.29. The van der Waals surface area contributed by atoms with Crippen molar-refractivity contribution >= 4 is 12.1 Å². The first-order valence-electron chi connectivity index (χ1n) is 8.07. The topological polar surface area (TPSA) is 50.7 Å². The van der Waals surface area contributed by atoms with Gasteiger partial charge in [0, 0.05) is 5.56 Å². The second-order valence-corrected chi connectivity index (χ2v) is 5.68. The molecule has 2 aromatic carbocycles. The van der Waals surface area contributed by atoms with E-state index in [1.54, 1.807) is 24.3 Å². The fourth-order valence-electron chi connectivity index (χ4n) is 2.01. The SMILES string of the molecule is CC[C@H](C)Oc1ccc(/C=N\NC(=O)c2cccc(C(F)(F)F)c2)cc1. The molecule has 2 rings (SSSR count). The van der Waals surface area contributed by atoms with Gasteiger partial charge in [0.1, 0.15) is 5.75 Å².